The molecule has 0 radical (unpaired) electrons. The van der Waals surface area contributed by atoms with Crippen LogP contribution in [-0.4, -0.2) is 0 Å². The smallest absolute Gasteiger partial charge is 0.0365 e. The van der Waals surface area contributed by atoms with Crippen LogP contribution < -0.4 is 0 Å². The van der Waals surface area contributed by atoms with E-state index in [0.717, 1.165) is 10.2 Å². The average Bonchev–Trinajstić information content (AvgIpc) is 2.49. The molecule has 0 aliphatic heterocycles. The number of halogens is 2. The largest absolute Gasteiger partial charge is 0.143 e. The number of rotatable bonds is 1. The number of thiophene rings is 1. The van der Waals surface area contributed by atoms with Gasteiger partial charge in [-0.3, -0.25) is 0 Å². The summed E-state index contributed by atoms with van der Waals surface area (Å²) in [4.78, 5) is 1.09. The normalized spacial score (nSPS) is 11.0. The van der Waals surface area contributed by atoms with Gasteiger partial charge in [0.2, 0.25) is 0 Å². The summed E-state index contributed by atoms with van der Waals surface area (Å²) in [7, 11) is 0. The van der Waals surface area contributed by atoms with Crippen molar-refractivity contribution in [1.82, 2.24) is 0 Å². The molecule has 0 bridgehead atoms. The van der Waals surface area contributed by atoms with Crippen LogP contribution in [0.2, 0.25) is 0 Å². The van der Waals surface area contributed by atoms with Crippen LogP contribution in [0.5, 0.6) is 0 Å². The van der Waals surface area contributed by atoms with Crippen molar-refractivity contribution in [2.24, 2.45) is 0 Å². The summed E-state index contributed by atoms with van der Waals surface area (Å²) in [5.41, 5.74) is 1.34. The Morgan fingerprint density at radius 2 is 2.23 bits per heavy atom. The second-order valence-electron chi connectivity index (χ2n) is 2.67. The highest BCUT2D eigenvalue weighted by Gasteiger charge is 2.08. The summed E-state index contributed by atoms with van der Waals surface area (Å²) in [6.45, 7) is 0. The Morgan fingerprint density at radius 1 is 1.46 bits per heavy atom. The van der Waals surface area contributed by atoms with Crippen molar-refractivity contribution in [3.8, 4) is 0 Å². The molecule has 0 aliphatic rings. The summed E-state index contributed by atoms with van der Waals surface area (Å²) in [6, 6.07) is 4.33. The van der Waals surface area contributed by atoms with Crippen LogP contribution in [0.3, 0.4) is 0 Å². The maximum Gasteiger partial charge on any atom is 0.0365 e. The number of hydrogen-bond acceptors (Lipinski definition) is 2. The molecule has 0 nitrogen and oxygen atoms in total. The lowest BCUT2D eigenvalue weighted by atomic mass is 10.2. The van der Waals surface area contributed by atoms with Gasteiger partial charge < -0.3 is 0 Å². The predicted molar refractivity (Wildman–Crippen MR) is 74.4 cm³/mol. The second-order valence-corrected chi connectivity index (χ2v) is 5.70. The third-order valence-electron chi connectivity index (χ3n) is 1.88. The lowest BCUT2D eigenvalue weighted by Gasteiger charge is -2.02. The fourth-order valence-electron chi connectivity index (χ4n) is 1.22. The summed E-state index contributed by atoms with van der Waals surface area (Å²) >= 11 is 12.1. The zero-order valence-corrected chi connectivity index (χ0v) is 12.0. The lowest BCUT2D eigenvalue weighted by molar-refractivity contribution is 1.42. The monoisotopic (exact) mass is 384 g/mol. The minimum Gasteiger partial charge on any atom is -0.143 e. The first kappa shape index (κ1) is 10.3. The number of alkyl halides is 1. The molecule has 0 unspecified atom stereocenters. The van der Waals surface area contributed by atoms with Gasteiger partial charge in [-0.1, -0.05) is 22.0 Å². The molecule has 0 fully saturated rings. The minimum atomic E-state index is 0.907. The molecular formula is C9H6BrIS2. The zero-order valence-electron chi connectivity index (χ0n) is 6.55. The third-order valence-corrected chi connectivity index (χ3v) is 5.19. The van der Waals surface area contributed by atoms with Gasteiger partial charge in [0.05, 0.1) is 0 Å². The van der Waals surface area contributed by atoms with E-state index in [1.54, 1.807) is 11.3 Å². The van der Waals surface area contributed by atoms with Gasteiger partial charge in [0.15, 0.2) is 0 Å². The Kier molecular flexibility index (Phi) is 3.22. The van der Waals surface area contributed by atoms with Crippen molar-refractivity contribution in [2.75, 3.05) is 0 Å². The Hall–Kier alpha value is 0.740. The predicted octanol–water partition coefficient (Wildman–Crippen LogP) is 4.69. The third kappa shape index (κ3) is 1.78. The van der Waals surface area contributed by atoms with Crippen LogP contribution in [0, 0.1) is 3.57 Å². The molecule has 2 aromatic rings. The van der Waals surface area contributed by atoms with Crippen molar-refractivity contribution in [3.05, 3.63) is 26.6 Å². The van der Waals surface area contributed by atoms with E-state index in [2.05, 4.69) is 68.7 Å². The van der Waals surface area contributed by atoms with E-state index < -0.39 is 0 Å². The van der Waals surface area contributed by atoms with Gasteiger partial charge in [0.1, 0.15) is 0 Å². The van der Waals surface area contributed by atoms with Crippen LogP contribution >= 0.6 is 62.5 Å². The van der Waals surface area contributed by atoms with E-state index in [-0.39, 0.29) is 0 Å². The van der Waals surface area contributed by atoms with Gasteiger partial charge in [-0.15, -0.1) is 24.0 Å². The number of hydrogen-bond donors (Lipinski definition) is 1. The van der Waals surface area contributed by atoms with Crippen molar-refractivity contribution in [1.29, 1.82) is 0 Å². The molecule has 1 aromatic carbocycles. The highest BCUT2D eigenvalue weighted by atomic mass is 127. The number of fused-ring (bicyclic) bond motifs is 1. The van der Waals surface area contributed by atoms with Gasteiger partial charge in [0, 0.05) is 29.3 Å². The average molecular weight is 385 g/mol. The van der Waals surface area contributed by atoms with E-state index >= 15 is 0 Å². The van der Waals surface area contributed by atoms with E-state index in [1.165, 1.54) is 19.2 Å². The quantitative estimate of drug-likeness (QED) is 0.411. The van der Waals surface area contributed by atoms with E-state index in [1.807, 2.05) is 0 Å². The molecule has 13 heavy (non-hydrogen) atoms. The van der Waals surface area contributed by atoms with Gasteiger partial charge >= 0.3 is 0 Å². The standard InChI is InChI=1S/C9H6BrIS2/c10-3-5-1-2-7-8(9(5)11)6(12)4-13-7/h1-2,4,12H,3H2. The van der Waals surface area contributed by atoms with Crippen molar-refractivity contribution < 1.29 is 0 Å². The first-order valence-corrected chi connectivity index (χ1v) is 7.20. The molecule has 0 amide bonds. The summed E-state index contributed by atoms with van der Waals surface area (Å²) in [5, 5.41) is 4.30. The van der Waals surface area contributed by atoms with Crippen LogP contribution in [0.4, 0.5) is 0 Å². The van der Waals surface area contributed by atoms with Crippen LogP contribution in [0.25, 0.3) is 10.1 Å². The fraction of sp³-hybridized carbons (Fsp3) is 0.111. The zero-order chi connectivity index (χ0) is 9.42. The summed E-state index contributed by atoms with van der Waals surface area (Å²) in [6.07, 6.45) is 0. The molecular weight excluding hydrogens is 379 g/mol. The topological polar surface area (TPSA) is 0 Å². The summed E-state index contributed by atoms with van der Waals surface area (Å²) < 4.78 is 2.64. The Balaban J connectivity index is 2.83. The highest BCUT2D eigenvalue weighted by Crippen LogP contribution is 2.34. The SMILES string of the molecule is Sc1csc2ccc(CBr)c(I)c12. The molecule has 0 saturated carbocycles. The summed E-state index contributed by atoms with van der Waals surface area (Å²) in [5.74, 6) is 0. The first-order chi connectivity index (χ1) is 6.24. The van der Waals surface area contributed by atoms with E-state index in [9.17, 15) is 0 Å². The van der Waals surface area contributed by atoms with Gasteiger partial charge in [-0.05, 0) is 34.2 Å². The molecule has 68 valence electrons. The molecule has 1 heterocycles. The molecule has 0 spiro atoms. The molecule has 2 rings (SSSR count). The number of thiol groups is 1. The lowest BCUT2D eigenvalue weighted by Crippen LogP contribution is -1.83. The van der Waals surface area contributed by atoms with E-state index in [0.29, 0.717) is 0 Å². The molecule has 1 aromatic heterocycles. The van der Waals surface area contributed by atoms with Gasteiger partial charge in [-0.25, -0.2) is 0 Å². The second kappa shape index (κ2) is 4.08. The van der Waals surface area contributed by atoms with Crippen molar-refractivity contribution in [3.63, 3.8) is 0 Å². The molecule has 0 saturated heterocycles. The van der Waals surface area contributed by atoms with Crippen LogP contribution in [-0.2, 0) is 5.33 Å². The molecule has 0 aliphatic carbocycles. The number of benzene rings is 1. The van der Waals surface area contributed by atoms with Crippen molar-refractivity contribution >= 4 is 72.6 Å². The van der Waals surface area contributed by atoms with Gasteiger partial charge in [-0.2, -0.15) is 0 Å². The Labute approximate surface area is 108 Å². The fourth-order valence-corrected chi connectivity index (χ4v) is 4.86. The Bertz CT molecular complexity index is 450. The van der Waals surface area contributed by atoms with E-state index in [4.69, 9.17) is 0 Å². The van der Waals surface area contributed by atoms with Crippen LogP contribution in [0.1, 0.15) is 5.56 Å². The Morgan fingerprint density at radius 3 is 2.92 bits per heavy atom. The maximum atomic E-state index is 4.45. The van der Waals surface area contributed by atoms with Crippen molar-refractivity contribution in [2.45, 2.75) is 10.2 Å². The minimum absolute atomic E-state index is 0.907. The molecule has 0 atom stereocenters. The van der Waals surface area contributed by atoms with Crippen LogP contribution in [0.15, 0.2) is 22.4 Å². The maximum absolute atomic E-state index is 4.45. The first-order valence-electron chi connectivity index (χ1n) is 3.67. The highest BCUT2D eigenvalue weighted by molar-refractivity contribution is 14.1. The molecule has 0 N–H and O–H groups in total. The van der Waals surface area contributed by atoms with Gasteiger partial charge in [0.25, 0.3) is 0 Å². The molecule has 4 heteroatoms.